The van der Waals surface area contributed by atoms with E-state index in [0.717, 1.165) is 6.41 Å². The molecule has 0 aromatic rings. The molecule has 0 aromatic heterocycles. The monoisotopic (exact) mass is 208 g/mol. The summed E-state index contributed by atoms with van der Waals surface area (Å²) in [5.74, 6) is 0. The summed E-state index contributed by atoms with van der Waals surface area (Å²) in [6.07, 6.45) is 1.00. The van der Waals surface area contributed by atoms with Gasteiger partial charge in [-0.3, -0.25) is 0 Å². The fourth-order valence-electron chi connectivity index (χ4n) is 0. The Morgan fingerprint density at radius 2 is 0.833 bits per heavy atom. The number of hydrogen-bond donors (Lipinski definition) is 1. The third kappa shape index (κ3) is 25300. The summed E-state index contributed by atoms with van der Waals surface area (Å²) < 4.78 is 0. The van der Waals surface area contributed by atoms with Crippen molar-refractivity contribution in [3.8, 4) is 0 Å². The molecule has 0 saturated heterocycles. The van der Waals surface area contributed by atoms with Crippen LogP contribution < -0.4 is 5.73 Å². The van der Waals surface area contributed by atoms with Crippen LogP contribution in [0.4, 0.5) is 0 Å². The molecule has 0 fully saturated rings. The molecule has 0 aromatic carbocycles. The van der Waals surface area contributed by atoms with Gasteiger partial charge in [0.1, 0.15) is 0 Å². The zero-order valence-corrected chi connectivity index (χ0v) is 10.4. The van der Waals surface area contributed by atoms with Gasteiger partial charge in [-0.2, -0.15) is 34.1 Å². The van der Waals surface area contributed by atoms with Gasteiger partial charge in [-0.05, 0) is 0 Å². The molecule has 2 N–H and O–H groups in total. The maximum Gasteiger partial charge on any atom is 0 e. The van der Waals surface area contributed by atoms with Crippen molar-refractivity contribution in [3.63, 3.8) is 0 Å². The van der Waals surface area contributed by atoms with Gasteiger partial charge in [-0.15, -0.1) is 0 Å². The quantitative estimate of drug-likeness (QED) is 0.370. The Kier molecular flexibility index (Phi) is 2750. The first-order chi connectivity index (χ1) is 5.41. The van der Waals surface area contributed by atoms with Crippen molar-refractivity contribution in [2.45, 2.75) is 27.7 Å². The third-order valence-corrected chi connectivity index (χ3v) is 0. The normalized spacial score (nSPS) is 3.00. The van der Waals surface area contributed by atoms with Crippen LogP contribution in [0.2, 0.25) is 0 Å². The minimum absolute atomic E-state index is 0. The smallest absolute Gasteiger partial charge is 0 e. The van der Waals surface area contributed by atoms with Gasteiger partial charge in [0.2, 0.25) is 0 Å². The molecule has 2 nitrogen and oxygen atoms in total. The molecule has 0 saturated carbocycles. The number of nitrogens with two attached hydrogens (primary N) is 1. The van der Waals surface area contributed by atoms with Gasteiger partial charge in [0.25, 0.3) is 0 Å². The fourth-order valence-corrected chi connectivity index (χ4v) is 0. The van der Waals surface area contributed by atoms with E-state index in [2.05, 4.69) is 33.4 Å². The number of carbonyl (C=O) groups excluding carboxylic acids is 1. The molecule has 0 aliphatic rings. The molecule has 1 amide bonds. The molecule has 0 bridgehead atoms. The van der Waals surface area contributed by atoms with Gasteiger partial charge < -0.3 is 38.2 Å². The molecular formula is C9H22NOTi-5. The van der Waals surface area contributed by atoms with E-state index in [-0.39, 0.29) is 21.7 Å². The van der Waals surface area contributed by atoms with Crippen molar-refractivity contribution < 1.29 is 26.5 Å². The van der Waals surface area contributed by atoms with Crippen LogP contribution in [0.25, 0.3) is 0 Å². The number of hydrogen-bond acceptors (Lipinski definition) is 1. The minimum atomic E-state index is 0. The molecule has 0 rings (SSSR count). The predicted molar refractivity (Wildman–Crippen MR) is 54.0 cm³/mol. The molecule has 0 aliphatic carbocycles. The Hall–Kier alpha value is 0.184. The Morgan fingerprint density at radius 1 is 0.833 bits per heavy atom. The van der Waals surface area contributed by atoms with Gasteiger partial charge in [0.05, 0.1) is 0 Å². The molecule has 0 aliphatic heterocycles. The minimum Gasteiger partial charge on any atom is -0.543 e. The molecule has 0 unspecified atom stereocenters. The van der Waals surface area contributed by atoms with E-state index in [9.17, 15) is 0 Å². The molecule has 12 heavy (non-hydrogen) atoms. The van der Waals surface area contributed by atoms with Crippen LogP contribution in [-0.2, 0) is 26.5 Å². The van der Waals surface area contributed by atoms with Crippen LogP contribution >= 0.6 is 0 Å². The summed E-state index contributed by atoms with van der Waals surface area (Å²) in [5, 5.41) is 0. The summed E-state index contributed by atoms with van der Waals surface area (Å²) in [6.45, 7) is 20.0. The molecule has 3 heteroatoms. The van der Waals surface area contributed by atoms with Gasteiger partial charge in [-0.1, -0.05) is 0 Å². The van der Waals surface area contributed by atoms with E-state index >= 15 is 0 Å². The zero-order chi connectivity index (χ0) is 10.7. The van der Waals surface area contributed by atoms with Crippen LogP contribution in [-0.4, -0.2) is 6.41 Å². The largest absolute Gasteiger partial charge is 0.543 e. The third-order valence-electron chi connectivity index (χ3n) is 0. The second kappa shape index (κ2) is 827. The maximum atomic E-state index is 8.46. The topological polar surface area (TPSA) is 43.1 Å². The Bertz CT molecular complexity index is 22.0. The summed E-state index contributed by atoms with van der Waals surface area (Å²) in [6, 6.07) is 0. The van der Waals surface area contributed by atoms with Crippen molar-refractivity contribution in [3.05, 3.63) is 27.7 Å². The van der Waals surface area contributed by atoms with E-state index in [1.54, 1.807) is 27.7 Å². The standard InChI is InChI=1S/4C2H5.CH2NO.Ti/c4*1-2;2-1-3;/h4*1H2,2H3;(H2,2,3);/q5*-1;. The predicted octanol–water partition coefficient (Wildman–Crippen LogP) is 2.37. The summed E-state index contributed by atoms with van der Waals surface area (Å²) >= 11 is 0. The first-order valence-electron chi connectivity index (χ1n) is 3.32. The average molecular weight is 208 g/mol. The van der Waals surface area contributed by atoms with Crippen LogP contribution in [0.3, 0.4) is 0 Å². The SMILES string of the molecule is N[C-]=O.[CH2-]C.[CH2-]C.[CH2-]C.[CH2-]C.[Ti]. The van der Waals surface area contributed by atoms with E-state index < -0.39 is 0 Å². The summed E-state index contributed by atoms with van der Waals surface area (Å²) in [4.78, 5) is 8.46. The number of amides is 1. The number of primary amides is 1. The van der Waals surface area contributed by atoms with Crippen molar-refractivity contribution in [2.75, 3.05) is 0 Å². The first-order valence-corrected chi connectivity index (χ1v) is 3.32. The van der Waals surface area contributed by atoms with Crippen LogP contribution in [0.1, 0.15) is 27.7 Å². The Morgan fingerprint density at radius 3 is 0.833 bits per heavy atom. The van der Waals surface area contributed by atoms with E-state index in [0.29, 0.717) is 0 Å². The summed E-state index contributed by atoms with van der Waals surface area (Å²) in [7, 11) is 0. The molecule has 0 radical (unpaired) electrons. The van der Waals surface area contributed by atoms with Crippen LogP contribution in [0, 0.1) is 27.7 Å². The molecule has 0 spiro atoms. The Balaban J connectivity index is -0.00000000933. The van der Waals surface area contributed by atoms with Crippen LogP contribution in [0.5, 0.6) is 0 Å². The van der Waals surface area contributed by atoms with Crippen molar-refractivity contribution in [2.24, 2.45) is 5.73 Å². The Labute approximate surface area is 94.2 Å². The maximum absolute atomic E-state index is 8.46. The second-order valence-electron chi connectivity index (χ2n) is 0.118. The summed E-state index contributed by atoms with van der Waals surface area (Å²) in [5.41, 5.74) is 4.04. The van der Waals surface area contributed by atoms with E-state index in [1.807, 2.05) is 0 Å². The molecular weight excluding hydrogens is 186 g/mol. The van der Waals surface area contributed by atoms with Crippen molar-refractivity contribution >= 4 is 6.41 Å². The second-order valence-corrected chi connectivity index (χ2v) is 0.118. The average Bonchev–Trinajstić information content (AvgIpc) is 2.18. The molecule has 78 valence electrons. The number of rotatable bonds is 0. The van der Waals surface area contributed by atoms with Gasteiger partial charge in [0, 0.05) is 21.7 Å². The van der Waals surface area contributed by atoms with Gasteiger partial charge >= 0.3 is 0 Å². The zero-order valence-electron chi connectivity index (χ0n) is 8.81. The van der Waals surface area contributed by atoms with Gasteiger partial charge in [-0.25, -0.2) is 0 Å². The first kappa shape index (κ1) is 39.9. The van der Waals surface area contributed by atoms with Crippen LogP contribution in [0.15, 0.2) is 0 Å². The van der Waals surface area contributed by atoms with E-state index in [4.69, 9.17) is 4.79 Å². The molecule has 0 atom stereocenters. The van der Waals surface area contributed by atoms with E-state index in [1.165, 1.54) is 0 Å². The molecule has 0 heterocycles. The van der Waals surface area contributed by atoms with Crippen molar-refractivity contribution in [1.82, 2.24) is 0 Å². The van der Waals surface area contributed by atoms with Crippen molar-refractivity contribution in [1.29, 1.82) is 0 Å². The van der Waals surface area contributed by atoms with Gasteiger partial charge in [0.15, 0.2) is 0 Å². The fraction of sp³-hybridized carbons (Fsp3) is 0.444.